The summed E-state index contributed by atoms with van der Waals surface area (Å²) in [6.45, 7) is -0.0705. The molecular formula is C20H15FN4O3. The van der Waals surface area contributed by atoms with Crippen molar-refractivity contribution >= 4 is 16.8 Å². The van der Waals surface area contributed by atoms with Crippen molar-refractivity contribution in [2.24, 2.45) is 7.05 Å². The molecule has 0 amide bonds. The first kappa shape index (κ1) is 17.6. The van der Waals surface area contributed by atoms with Crippen LogP contribution in [0.25, 0.3) is 10.9 Å². The van der Waals surface area contributed by atoms with Crippen molar-refractivity contribution in [2.75, 3.05) is 0 Å². The molecule has 8 heteroatoms. The number of carbonyl (C=O) groups excluding carboxylic acids is 1. The summed E-state index contributed by atoms with van der Waals surface area (Å²) in [7, 11) is 1.55. The van der Waals surface area contributed by atoms with Crippen LogP contribution < -0.4 is 11.2 Å². The number of carbonyl (C=O) groups is 1. The van der Waals surface area contributed by atoms with Gasteiger partial charge in [-0.2, -0.15) is 0 Å². The fourth-order valence-electron chi connectivity index (χ4n) is 3.13. The highest BCUT2D eigenvalue weighted by Crippen LogP contribution is 2.13. The molecule has 0 aliphatic rings. The van der Waals surface area contributed by atoms with Gasteiger partial charge >= 0.3 is 5.69 Å². The Bertz CT molecular complexity index is 1320. The number of benzene rings is 2. The van der Waals surface area contributed by atoms with Crippen LogP contribution in [0, 0.1) is 5.82 Å². The van der Waals surface area contributed by atoms with Crippen molar-refractivity contribution in [2.45, 2.75) is 6.54 Å². The van der Waals surface area contributed by atoms with Crippen molar-refractivity contribution in [3.05, 3.63) is 99.0 Å². The third-order valence-corrected chi connectivity index (χ3v) is 4.57. The number of imidazole rings is 1. The maximum Gasteiger partial charge on any atom is 0.331 e. The van der Waals surface area contributed by atoms with Gasteiger partial charge in [-0.1, -0.05) is 12.1 Å². The fourth-order valence-corrected chi connectivity index (χ4v) is 3.13. The normalized spacial score (nSPS) is 11.1. The minimum Gasteiger partial charge on any atom is -0.296 e. The standard InChI is InChI=1S/C20H15FN4O3/c1-23-17-6-5-14(18(26)24-8-7-22-12-24)10-16(17)19(27)25(20(23)28)11-13-3-2-4-15(21)9-13/h2-10,12H,11H2,1H3. The third kappa shape index (κ3) is 2.94. The molecule has 0 saturated heterocycles. The lowest BCUT2D eigenvalue weighted by Crippen LogP contribution is -2.39. The van der Waals surface area contributed by atoms with Crippen LogP contribution in [0.4, 0.5) is 4.39 Å². The zero-order valence-corrected chi connectivity index (χ0v) is 14.9. The molecule has 0 fully saturated rings. The summed E-state index contributed by atoms with van der Waals surface area (Å²) in [6, 6.07) is 10.3. The highest BCUT2D eigenvalue weighted by molar-refractivity contribution is 5.99. The van der Waals surface area contributed by atoms with E-state index in [1.54, 1.807) is 25.2 Å². The fraction of sp³-hybridized carbons (Fsp3) is 0.100. The second-order valence-corrected chi connectivity index (χ2v) is 6.37. The number of halogens is 1. The molecule has 2 heterocycles. The first-order valence-corrected chi connectivity index (χ1v) is 8.46. The van der Waals surface area contributed by atoms with E-state index in [2.05, 4.69) is 4.98 Å². The third-order valence-electron chi connectivity index (χ3n) is 4.57. The smallest absolute Gasteiger partial charge is 0.296 e. The summed E-state index contributed by atoms with van der Waals surface area (Å²) in [5.41, 5.74) is 0.133. The first-order chi connectivity index (χ1) is 13.5. The average molecular weight is 378 g/mol. The van der Waals surface area contributed by atoms with Crippen molar-refractivity contribution in [1.29, 1.82) is 0 Å². The Morgan fingerprint density at radius 3 is 2.68 bits per heavy atom. The molecule has 0 bridgehead atoms. The highest BCUT2D eigenvalue weighted by atomic mass is 19.1. The van der Waals surface area contributed by atoms with Crippen molar-refractivity contribution < 1.29 is 9.18 Å². The van der Waals surface area contributed by atoms with Gasteiger partial charge in [0.25, 0.3) is 11.5 Å². The van der Waals surface area contributed by atoms with Crippen LogP contribution in [0.1, 0.15) is 15.9 Å². The van der Waals surface area contributed by atoms with Gasteiger partial charge in [0.1, 0.15) is 12.1 Å². The molecule has 0 aliphatic heterocycles. The summed E-state index contributed by atoms with van der Waals surface area (Å²) in [6.07, 6.45) is 4.36. The molecule has 7 nitrogen and oxygen atoms in total. The summed E-state index contributed by atoms with van der Waals surface area (Å²) < 4.78 is 17.1. The monoisotopic (exact) mass is 378 g/mol. The Labute approximate surface area is 157 Å². The van der Waals surface area contributed by atoms with E-state index in [0.29, 0.717) is 16.6 Å². The molecule has 2 aromatic heterocycles. The number of fused-ring (bicyclic) bond motifs is 1. The van der Waals surface area contributed by atoms with Gasteiger partial charge in [-0.25, -0.2) is 14.2 Å². The minimum atomic E-state index is -0.539. The minimum absolute atomic E-state index is 0.0705. The largest absolute Gasteiger partial charge is 0.331 e. The van der Waals surface area contributed by atoms with Gasteiger partial charge in [-0.3, -0.25) is 23.3 Å². The molecule has 0 aliphatic carbocycles. The van der Waals surface area contributed by atoms with Gasteiger partial charge in [0, 0.05) is 25.0 Å². The lowest BCUT2D eigenvalue weighted by molar-refractivity contribution is 0.0960. The molecular weight excluding hydrogens is 363 g/mol. The number of aromatic nitrogens is 4. The van der Waals surface area contributed by atoms with Gasteiger partial charge in [-0.05, 0) is 35.9 Å². The molecule has 0 spiro atoms. The van der Waals surface area contributed by atoms with Crippen LogP contribution in [0.5, 0.6) is 0 Å². The van der Waals surface area contributed by atoms with Crippen molar-refractivity contribution in [1.82, 2.24) is 18.7 Å². The molecule has 0 saturated carbocycles. The summed E-state index contributed by atoms with van der Waals surface area (Å²) in [5.74, 6) is -0.791. The second kappa shape index (κ2) is 6.73. The Hall–Kier alpha value is -3.81. The topological polar surface area (TPSA) is 78.9 Å². The SMILES string of the molecule is Cn1c(=O)n(Cc2cccc(F)c2)c(=O)c2cc(C(=O)n3ccnc3)ccc21. The maximum atomic E-state index is 13.5. The van der Waals surface area contributed by atoms with E-state index in [4.69, 9.17) is 0 Å². The lowest BCUT2D eigenvalue weighted by atomic mass is 10.1. The average Bonchev–Trinajstić information content (AvgIpc) is 3.23. The van der Waals surface area contributed by atoms with Crippen LogP contribution in [-0.4, -0.2) is 24.6 Å². The van der Waals surface area contributed by atoms with Gasteiger partial charge < -0.3 is 0 Å². The predicted octanol–water partition coefficient (Wildman–Crippen LogP) is 1.77. The number of hydrogen-bond acceptors (Lipinski definition) is 4. The molecule has 4 aromatic rings. The van der Waals surface area contributed by atoms with E-state index in [9.17, 15) is 18.8 Å². The number of rotatable bonds is 3. The van der Waals surface area contributed by atoms with Crippen LogP contribution in [0.2, 0.25) is 0 Å². The highest BCUT2D eigenvalue weighted by Gasteiger charge is 2.15. The van der Waals surface area contributed by atoms with Crippen molar-refractivity contribution in [3.8, 4) is 0 Å². The van der Waals surface area contributed by atoms with Crippen LogP contribution in [0.15, 0.2) is 70.8 Å². The maximum absolute atomic E-state index is 13.5. The van der Waals surface area contributed by atoms with E-state index in [1.807, 2.05) is 0 Å². The Balaban J connectivity index is 1.88. The number of nitrogens with zero attached hydrogens (tertiary/aromatic N) is 4. The molecule has 0 unspecified atom stereocenters. The van der Waals surface area contributed by atoms with E-state index in [0.717, 1.165) is 4.57 Å². The van der Waals surface area contributed by atoms with Crippen LogP contribution in [0.3, 0.4) is 0 Å². The molecule has 2 aromatic carbocycles. The van der Waals surface area contributed by atoms with Gasteiger partial charge in [-0.15, -0.1) is 0 Å². The van der Waals surface area contributed by atoms with Crippen LogP contribution in [-0.2, 0) is 13.6 Å². The number of hydrogen-bond donors (Lipinski definition) is 0. The summed E-state index contributed by atoms with van der Waals surface area (Å²) >= 11 is 0. The zero-order valence-electron chi connectivity index (χ0n) is 14.9. The van der Waals surface area contributed by atoms with Gasteiger partial charge in [0.05, 0.1) is 17.4 Å². The molecule has 0 radical (unpaired) electrons. The molecule has 0 atom stereocenters. The quantitative estimate of drug-likeness (QED) is 0.544. The molecule has 140 valence electrons. The summed E-state index contributed by atoms with van der Waals surface area (Å²) in [4.78, 5) is 42.0. The van der Waals surface area contributed by atoms with E-state index < -0.39 is 17.1 Å². The van der Waals surface area contributed by atoms with E-state index in [1.165, 1.54) is 52.1 Å². The Morgan fingerprint density at radius 2 is 1.96 bits per heavy atom. The van der Waals surface area contributed by atoms with E-state index >= 15 is 0 Å². The van der Waals surface area contributed by atoms with Crippen LogP contribution >= 0.6 is 0 Å². The second-order valence-electron chi connectivity index (χ2n) is 6.37. The van der Waals surface area contributed by atoms with Crippen molar-refractivity contribution in [3.63, 3.8) is 0 Å². The predicted molar refractivity (Wildman–Crippen MR) is 101 cm³/mol. The molecule has 28 heavy (non-hydrogen) atoms. The van der Waals surface area contributed by atoms with E-state index in [-0.39, 0.29) is 17.8 Å². The lowest BCUT2D eigenvalue weighted by Gasteiger charge is -2.12. The van der Waals surface area contributed by atoms with Gasteiger partial charge in [0.2, 0.25) is 0 Å². The Morgan fingerprint density at radius 1 is 1.14 bits per heavy atom. The molecule has 4 rings (SSSR count). The summed E-state index contributed by atoms with van der Waals surface area (Å²) in [5, 5.41) is 0.226. The van der Waals surface area contributed by atoms with Gasteiger partial charge in [0.15, 0.2) is 0 Å². The number of aryl methyl sites for hydroxylation is 1. The first-order valence-electron chi connectivity index (χ1n) is 8.46. The zero-order chi connectivity index (χ0) is 19.8. The molecule has 0 N–H and O–H groups in total. The Kier molecular flexibility index (Phi) is 4.23.